The topological polar surface area (TPSA) is 79.0 Å². The van der Waals surface area contributed by atoms with Crippen LogP contribution in [0.4, 0.5) is 0 Å². The zero-order valence-electron chi connectivity index (χ0n) is 14.7. The van der Waals surface area contributed by atoms with E-state index in [-0.39, 0.29) is 16.8 Å². The van der Waals surface area contributed by atoms with Crippen LogP contribution in [0.25, 0.3) is 0 Å². The van der Waals surface area contributed by atoms with Crippen LogP contribution in [0.3, 0.4) is 0 Å². The van der Waals surface area contributed by atoms with Crippen LogP contribution in [0.15, 0.2) is 27.6 Å². The van der Waals surface area contributed by atoms with E-state index < -0.39 is 10.0 Å². The van der Waals surface area contributed by atoms with Gasteiger partial charge < -0.3 is 10.1 Å². The number of hydrogen-bond acceptors (Lipinski definition) is 5. The highest BCUT2D eigenvalue weighted by atomic mass is 79.9. The van der Waals surface area contributed by atoms with Crippen molar-refractivity contribution >= 4 is 31.9 Å². The SMILES string of the molecule is COc1ccc(S(=O)(=O)N2CCN(CC(=O)NC(C)C)CC2)cc1Br. The van der Waals surface area contributed by atoms with Crippen molar-refractivity contribution in [2.24, 2.45) is 0 Å². The maximum Gasteiger partial charge on any atom is 0.243 e. The number of nitrogens with one attached hydrogen (secondary N) is 1. The molecule has 0 bridgehead atoms. The van der Waals surface area contributed by atoms with Crippen molar-refractivity contribution in [1.29, 1.82) is 0 Å². The summed E-state index contributed by atoms with van der Waals surface area (Å²) in [4.78, 5) is 14.0. The molecule has 1 heterocycles. The van der Waals surface area contributed by atoms with Gasteiger partial charge in [0.2, 0.25) is 15.9 Å². The second-order valence-electron chi connectivity index (χ2n) is 6.20. The van der Waals surface area contributed by atoms with Crippen molar-refractivity contribution in [3.05, 3.63) is 22.7 Å². The van der Waals surface area contributed by atoms with Crippen molar-refractivity contribution in [2.45, 2.75) is 24.8 Å². The van der Waals surface area contributed by atoms with Gasteiger partial charge in [-0.15, -0.1) is 0 Å². The molecule has 0 atom stereocenters. The molecule has 1 amide bonds. The standard InChI is InChI=1S/C16H24BrN3O4S/c1-12(2)18-16(21)11-19-6-8-20(9-7-19)25(22,23)13-4-5-15(24-3)14(17)10-13/h4-5,10,12H,6-9,11H2,1-3H3,(H,18,21). The lowest BCUT2D eigenvalue weighted by atomic mass is 10.3. The predicted octanol–water partition coefficient (Wildman–Crippen LogP) is 1.29. The average molecular weight is 434 g/mol. The highest BCUT2D eigenvalue weighted by Gasteiger charge is 2.29. The van der Waals surface area contributed by atoms with Crippen molar-refractivity contribution in [3.63, 3.8) is 0 Å². The zero-order chi connectivity index (χ0) is 18.6. The number of benzene rings is 1. The van der Waals surface area contributed by atoms with E-state index in [1.165, 1.54) is 11.4 Å². The molecule has 25 heavy (non-hydrogen) atoms. The van der Waals surface area contributed by atoms with Gasteiger partial charge in [-0.25, -0.2) is 8.42 Å². The minimum Gasteiger partial charge on any atom is -0.496 e. The second-order valence-corrected chi connectivity index (χ2v) is 8.99. The van der Waals surface area contributed by atoms with Crippen LogP contribution in [-0.4, -0.2) is 69.4 Å². The molecule has 1 N–H and O–H groups in total. The molecule has 1 aromatic carbocycles. The Bertz CT molecular complexity index is 716. The number of carbonyl (C=O) groups excluding carboxylic acids is 1. The normalized spacial score (nSPS) is 16.8. The largest absolute Gasteiger partial charge is 0.496 e. The van der Waals surface area contributed by atoms with Gasteiger partial charge in [-0.1, -0.05) is 0 Å². The third-order valence-corrected chi connectivity index (χ3v) is 6.42. The van der Waals surface area contributed by atoms with Crippen molar-refractivity contribution in [3.8, 4) is 5.75 Å². The first-order valence-electron chi connectivity index (χ1n) is 8.09. The summed E-state index contributed by atoms with van der Waals surface area (Å²) in [5.41, 5.74) is 0. The lowest BCUT2D eigenvalue weighted by Gasteiger charge is -2.33. The predicted molar refractivity (Wildman–Crippen MR) is 99.2 cm³/mol. The molecule has 1 saturated heterocycles. The summed E-state index contributed by atoms with van der Waals surface area (Å²) in [7, 11) is -2.03. The number of rotatable bonds is 6. The van der Waals surface area contributed by atoms with Gasteiger partial charge in [0, 0.05) is 32.2 Å². The van der Waals surface area contributed by atoms with Gasteiger partial charge in [-0.05, 0) is 48.0 Å². The summed E-state index contributed by atoms with van der Waals surface area (Å²) in [5, 5.41) is 2.84. The summed E-state index contributed by atoms with van der Waals surface area (Å²) in [5.74, 6) is 0.547. The van der Waals surface area contributed by atoms with Crippen LogP contribution in [-0.2, 0) is 14.8 Å². The Kier molecular flexibility index (Phi) is 6.84. The third kappa shape index (κ3) is 5.16. The Balaban J connectivity index is 1.99. The van der Waals surface area contributed by atoms with Crippen molar-refractivity contribution in [1.82, 2.24) is 14.5 Å². The molecule has 2 rings (SSSR count). The van der Waals surface area contributed by atoms with E-state index in [0.29, 0.717) is 42.9 Å². The van der Waals surface area contributed by atoms with Gasteiger partial charge in [-0.2, -0.15) is 4.31 Å². The molecular formula is C16H24BrN3O4S. The van der Waals surface area contributed by atoms with Crippen LogP contribution in [0.2, 0.25) is 0 Å². The zero-order valence-corrected chi connectivity index (χ0v) is 17.1. The number of amides is 1. The number of methoxy groups -OCH3 is 1. The Morgan fingerprint density at radius 2 is 1.92 bits per heavy atom. The van der Waals surface area contributed by atoms with E-state index in [9.17, 15) is 13.2 Å². The first kappa shape index (κ1) is 20.2. The Labute approximate surface area is 157 Å². The molecule has 7 nitrogen and oxygen atoms in total. The van der Waals surface area contributed by atoms with Crippen LogP contribution in [0.1, 0.15) is 13.8 Å². The number of nitrogens with zero attached hydrogens (tertiary/aromatic N) is 2. The van der Waals surface area contributed by atoms with E-state index in [2.05, 4.69) is 21.2 Å². The van der Waals surface area contributed by atoms with Crippen LogP contribution >= 0.6 is 15.9 Å². The fourth-order valence-corrected chi connectivity index (χ4v) is 4.80. The Hall–Kier alpha value is -1.16. The number of hydrogen-bond donors (Lipinski definition) is 1. The number of halogens is 1. The number of ether oxygens (including phenoxy) is 1. The van der Waals surface area contributed by atoms with E-state index in [0.717, 1.165) is 0 Å². The quantitative estimate of drug-likeness (QED) is 0.730. The van der Waals surface area contributed by atoms with Crippen molar-refractivity contribution < 1.29 is 17.9 Å². The molecular weight excluding hydrogens is 410 g/mol. The summed E-state index contributed by atoms with van der Waals surface area (Å²) >= 11 is 3.32. The minimum absolute atomic E-state index is 0.0367. The van der Waals surface area contributed by atoms with E-state index in [1.54, 1.807) is 18.2 Å². The first-order chi connectivity index (χ1) is 11.7. The first-order valence-corrected chi connectivity index (χ1v) is 10.3. The molecule has 1 fully saturated rings. The van der Waals surface area contributed by atoms with Crippen LogP contribution in [0.5, 0.6) is 5.75 Å². The van der Waals surface area contributed by atoms with E-state index in [4.69, 9.17) is 4.74 Å². The van der Waals surface area contributed by atoms with Gasteiger partial charge in [0.1, 0.15) is 5.75 Å². The minimum atomic E-state index is -3.56. The summed E-state index contributed by atoms with van der Waals surface area (Å²) in [6, 6.07) is 4.82. The fourth-order valence-electron chi connectivity index (χ4n) is 2.66. The monoisotopic (exact) mass is 433 g/mol. The molecule has 0 saturated carbocycles. The Morgan fingerprint density at radius 3 is 2.44 bits per heavy atom. The molecule has 9 heteroatoms. The molecule has 1 aromatic rings. The molecule has 0 radical (unpaired) electrons. The molecule has 0 aromatic heterocycles. The lowest BCUT2D eigenvalue weighted by molar-refractivity contribution is -0.123. The second kappa shape index (κ2) is 8.48. The molecule has 140 valence electrons. The molecule has 0 spiro atoms. The summed E-state index contributed by atoms with van der Waals surface area (Å²) in [6.07, 6.45) is 0. The maximum atomic E-state index is 12.8. The van der Waals surface area contributed by atoms with E-state index >= 15 is 0 Å². The average Bonchev–Trinajstić information content (AvgIpc) is 2.54. The van der Waals surface area contributed by atoms with Gasteiger partial charge in [0.25, 0.3) is 0 Å². The molecule has 0 aliphatic carbocycles. The number of piperazine rings is 1. The van der Waals surface area contributed by atoms with Gasteiger partial charge in [0.05, 0.1) is 23.0 Å². The van der Waals surface area contributed by atoms with E-state index in [1.807, 2.05) is 18.7 Å². The van der Waals surface area contributed by atoms with Gasteiger partial charge >= 0.3 is 0 Å². The van der Waals surface area contributed by atoms with Crippen LogP contribution in [0, 0.1) is 0 Å². The number of sulfonamides is 1. The van der Waals surface area contributed by atoms with Gasteiger partial charge in [0.15, 0.2) is 0 Å². The van der Waals surface area contributed by atoms with Crippen LogP contribution < -0.4 is 10.1 Å². The third-order valence-electron chi connectivity index (χ3n) is 3.91. The van der Waals surface area contributed by atoms with Gasteiger partial charge in [-0.3, -0.25) is 9.69 Å². The highest BCUT2D eigenvalue weighted by Crippen LogP contribution is 2.29. The Morgan fingerprint density at radius 1 is 1.28 bits per heavy atom. The maximum absolute atomic E-state index is 12.8. The molecule has 1 aliphatic rings. The van der Waals surface area contributed by atoms with Crippen molar-refractivity contribution in [2.75, 3.05) is 39.8 Å². The highest BCUT2D eigenvalue weighted by molar-refractivity contribution is 9.10. The lowest BCUT2D eigenvalue weighted by Crippen LogP contribution is -2.51. The smallest absolute Gasteiger partial charge is 0.243 e. The molecule has 0 unspecified atom stereocenters. The summed E-state index contributed by atoms with van der Waals surface area (Å²) in [6.45, 7) is 5.90. The summed E-state index contributed by atoms with van der Waals surface area (Å²) < 4.78 is 32.8. The number of carbonyl (C=O) groups is 1. The fraction of sp³-hybridized carbons (Fsp3) is 0.562. The molecule has 1 aliphatic heterocycles.